The maximum absolute atomic E-state index is 9.19. The van der Waals surface area contributed by atoms with Gasteiger partial charge in [0.1, 0.15) is 0 Å². The van der Waals surface area contributed by atoms with Crippen LogP contribution >= 0.6 is 0 Å². The molecule has 0 unspecified atom stereocenters. The van der Waals surface area contributed by atoms with Crippen LogP contribution in [0.4, 0.5) is 0 Å². The zero-order chi connectivity index (χ0) is 7.21. The molecule has 0 rings (SSSR count). The Bertz CT molecular complexity index is 151. The Labute approximate surface area is 50.1 Å². The molecule has 0 spiro atoms. The molecule has 0 aliphatic carbocycles. The highest BCUT2D eigenvalue weighted by atomic mass is 32.2. The maximum atomic E-state index is 9.19. The van der Waals surface area contributed by atoms with Crippen molar-refractivity contribution in [2.75, 3.05) is 6.26 Å². The second-order valence-electron chi connectivity index (χ2n) is 0.808. The first kappa shape index (κ1) is 10.8. The summed E-state index contributed by atoms with van der Waals surface area (Å²) in [4.78, 5) is 0. The van der Waals surface area contributed by atoms with Crippen LogP contribution in [0.3, 0.4) is 0 Å². The molecule has 0 aromatic carbocycles. The van der Waals surface area contributed by atoms with Gasteiger partial charge in [0.25, 0.3) is 10.1 Å². The van der Waals surface area contributed by atoms with Gasteiger partial charge in [0.15, 0.2) is 0 Å². The Balaban J connectivity index is 0. The van der Waals surface area contributed by atoms with Crippen LogP contribution in [0.5, 0.6) is 0 Å². The van der Waals surface area contributed by atoms with Crippen LogP contribution in [0.25, 0.3) is 0 Å². The molecule has 0 aliphatic rings. The summed E-state index contributed by atoms with van der Waals surface area (Å²) in [5.41, 5.74) is 0. The summed E-state index contributed by atoms with van der Waals surface area (Å²) in [7, 11) is -3.67. The van der Waals surface area contributed by atoms with Crippen LogP contribution in [0.1, 0.15) is 0 Å². The minimum Gasteiger partial charge on any atom is -0.427 e. The molecular formula is CH5O5S2-. The fourth-order valence-corrected chi connectivity index (χ4v) is 0. The fourth-order valence-electron chi connectivity index (χ4n) is 0. The zero-order valence-electron chi connectivity index (χ0n) is 3.94. The van der Waals surface area contributed by atoms with Gasteiger partial charge in [0.05, 0.1) is 6.26 Å². The first-order valence-electron chi connectivity index (χ1n) is 1.29. The SMILES string of the molecule is CS(=O)(=O)O.O=[SH-]=O. The Morgan fingerprint density at radius 1 is 1.38 bits per heavy atom. The van der Waals surface area contributed by atoms with Crippen LogP contribution in [-0.4, -0.2) is 19.2 Å². The van der Waals surface area contributed by atoms with E-state index >= 15 is 0 Å². The Morgan fingerprint density at radius 2 is 1.38 bits per heavy atom. The summed E-state index contributed by atoms with van der Waals surface area (Å²) in [6.45, 7) is 0. The molecule has 0 aromatic heterocycles. The minimum absolute atomic E-state index is 0.715. The van der Waals surface area contributed by atoms with Crippen LogP contribution < -0.4 is 0 Å². The van der Waals surface area contributed by atoms with E-state index < -0.39 is 21.7 Å². The molecule has 0 amide bonds. The Kier molecular flexibility index (Phi) is 6.74. The average molecular weight is 161 g/mol. The van der Waals surface area contributed by atoms with Crippen molar-refractivity contribution in [3.63, 3.8) is 0 Å². The summed E-state index contributed by atoms with van der Waals surface area (Å²) in [5, 5.41) is 0. The molecule has 0 aliphatic heterocycles. The highest BCUT2D eigenvalue weighted by molar-refractivity contribution is 7.85. The number of thiol groups is 1. The quantitative estimate of drug-likeness (QED) is 0.279. The molecule has 0 saturated heterocycles. The molecule has 0 radical (unpaired) electrons. The first-order chi connectivity index (χ1) is 3.41. The van der Waals surface area contributed by atoms with E-state index in [4.69, 9.17) is 13.0 Å². The Morgan fingerprint density at radius 3 is 1.38 bits per heavy atom. The van der Waals surface area contributed by atoms with Crippen molar-refractivity contribution in [1.82, 2.24) is 0 Å². The van der Waals surface area contributed by atoms with E-state index in [9.17, 15) is 8.42 Å². The molecule has 0 heterocycles. The second-order valence-corrected chi connectivity index (χ2v) is 2.42. The van der Waals surface area contributed by atoms with Crippen molar-refractivity contribution < 1.29 is 21.4 Å². The first-order valence-corrected chi connectivity index (χ1v) is 3.87. The van der Waals surface area contributed by atoms with Gasteiger partial charge < -0.3 is 8.42 Å². The lowest BCUT2D eigenvalue weighted by atomic mass is 12.0. The molecule has 0 aromatic rings. The average Bonchev–Trinajstić information content (AvgIpc) is 1.27. The lowest BCUT2D eigenvalue weighted by molar-refractivity contribution is 0.490. The molecule has 0 atom stereocenters. The smallest absolute Gasteiger partial charge is 0.261 e. The molecule has 8 heavy (non-hydrogen) atoms. The highest BCUT2D eigenvalue weighted by Crippen LogP contribution is 1.60. The summed E-state index contributed by atoms with van der Waals surface area (Å²) in [6, 6.07) is 0. The van der Waals surface area contributed by atoms with E-state index in [1.807, 2.05) is 0 Å². The van der Waals surface area contributed by atoms with E-state index in [2.05, 4.69) is 0 Å². The van der Waals surface area contributed by atoms with Gasteiger partial charge in [-0.05, 0) is 0 Å². The summed E-state index contributed by atoms with van der Waals surface area (Å²) < 4.78 is 42.6. The van der Waals surface area contributed by atoms with Gasteiger partial charge in [-0.15, -0.1) is 0 Å². The molecule has 0 saturated carbocycles. The topological polar surface area (TPSA) is 88.5 Å². The monoisotopic (exact) mass is 161 g/mol. The molecular weight excluding hydrogens is 156 g/mol. The third-order valence-electron chi connectivity index (χ3n) is 0. The third-order valence-corrected chi connectivity index (χ3v) is 0. The zero-order valence-corrected chi connectivity index (χ0v) is 5.65. The largest absolute Gasteiger partial charge is 0.427 e. The predicted octanol–water partition coefficient (Wildman–Crippen LogP) is -1.00. The van der Waals surface area contributed by atoms with Crippen molar-refractivity contribution in [2.24, 2.45) is 0 Å². The van der Waals surface area contributed by atoms with Crippen molar-refractivity contribution in [2.45, 2.75) is 0 Å². The van der Waals surface area contributed by atoms with E-state index in [0.29, 0.717) is 6.26 Å². The molecule has 5 nitrogen and oxygen atoms in total. The summed E-state index contributed by atoms with van der Waals surface area (Å²) in [5.74, 6) is 0. The van der Waals surface area contributed by atoms with Gasteiger partial charge in [0, 0.05) is 0 Å². The highest BCUT2D eigenvalue weighted by Gasteiger charge is 1.81. The van der Waals surface area contributed by atoms with Gasteiger partial charge in [-0.2, -0.15) is 8.42 Å². The maximum Gasteiger partial charge on any atom is 0.261 e. The molecule has 0 fully saturated rings. The molecule has 0 bridgehead atoms. The lowest BCUT2D eigenvalue weighted by Gasteiger charge is -1.69. The van der Waals surface area contributed by atoms with Crippen molar-refractivity contribution >= 4 is 21.7 Å². The third kappa shape index (κ3) is 7060. The van der Waals surface area contributed by atoms with Crippen LogP contribution in [0.15, 0.2) is 0 Å². The minimum atomic E-state index is -3.67. The van der Waals surface area contributed by atoms with Crippen molar-refractivity contribution in [1.29, 1.82) is 0 Å². The van der Waals surface area contributed by atoms with Gasteiger partial charge in [-0.3, -0.25) is 4.55 Å². The molecule has 52 valence electrons. The standard InChI is InChI=1S/CH4O3S.HO2S/c1-5(2,3)4;1-3-2/h1H3,(H,2,3,4);3H/q;-1. The van der Waals surface area contributed by atoms with Crippen molar-refractivity contribution in [3.05, 3.63) is 0 Å². The van der Waals surface area contributed by atoms with E-state index in [0.717, 1.165) is 0 Å². The number of hydrogen-bond donors (Lipinski definition) is 1. The van der Waals surface area contributed by atoms with Gasteiger partial charge in [0.2, 0.25) is 0 Å². The molecule has 7 heteroatoms. The van der Waals surface area contributed by atoms with Crippen molar-refractivity contribution in [3.8, 4) is 0 Å². The van der Waals surface area contributed by atoms with Gasteiger partial charge >= 0.3 is 0 Å². The van der Waals surface area contributed by atoms with Crippen LogP contribution in [0.2, 0.25) is 0 Å². The predicted molar refractivity (Wildman–Crippen MR) is 27.6 cm³/mol. The van der Waals surface area contributed by atoms with Crippen LogP contribution in [-0.2, 0) is 30.1 Å². The lowest BCUT2D eigenvalue weighted by Crippen LogP contribution is -1.88. The molecule has 1 N–H and O–H groups in total. The van der Waals surface area contributed by atoms with E-state index in [-0.39, 0.29) is 0 Å². The van der Waals surface area contributed by atoms with Gasteiger partial charge in [-0.25, -0.2) is 0 Å². The van der Waals surface area contributed by atoms with Gasteiger partial charge in [-0.1, -0.05) is 11.6 Å². The van der Waals surface area contributed by atoms with E-state index in [1.165, 1.54) is 0 Å². The summed E-state index contributed by atoms with van der Waals surface area (Å²) in [6.07, 6.45) is 0.715. The fraction of sp³-hybridized carbons (Fsp3) is 1.00. The second kappa shape index (κ2) is 5.01. The Hall–Kier alpha value is -0.140. The van der Waals surface area contributed by atoms with E-state index in [1.54, 1.807) is 0 Å². The summed E-state index contributed by atoms with van der Waals surface area (Å²) >= 11 is -1.08. The normalized spacial score (nSPS) is 9.25. The number of rotatable bonds is 0. The number of hydrogen-bond acceptors (Lipinski definition) is 5. The van der Waals surface area contributed by atoms with Crippen LogP contribution in [0, 0.1) is 0 Å².